The van der Waals surface area contributed by atoms with Crippen LogP contribution in [0, 0.1) is 5.41 Å². The molecule has 1 amide bonds. The second-order valence-corrected chi connectivity index (χ2v) is 6.04. The molecule has 0 rings (SSSR count). The molecule has 0 aromatic carbocycles. The molecule has 21 heavy (non-hydrogen) atoms. The number of amides is 1. The summed E-state index contributed by atoms with van der Waals surface area (Å²) < 4.78 is 10.1. The minimum atomic E-state index is -0.981. The van der Waals surface area contributed by atoms with E-state index in [9.17, 15) is 14.4 Å². The van der Waals surface area contributed by atoms with Gasteiger partial charge in [0, 0.05) is 6.92 Å². The Morgan fingerprint density at radius 1 is 1.19 bits per heavy atom. The molecule has 0 saturated heterocycles. The highest BCUT2D eigenvalue weighted by Gasteiger charge is 2.35. The second kappa shape index (κ2) is 8.64. The zero-order valence-electron chi connectivity index (χ0n) is 13.8. The molecule has 0 aromatic heterocycles. The Morgan fingerprint density at radius 2 is 1.76 bits per heavy atom. The molecule has 122 valence electrons. The molecule has 0 aliphatic heterocycles. The lowest BCUT2D eigenvalue weighted by atomic mass is 9.96. The Morgan fingerprint density at radius 3 is 2.14 bits per heavy atom. The number of hydrogen-bond acceptors (Lipinski definition) is 5. The molecule has 0 saturated carbocycles. The van der Waals surface area contributed by atoms with E-state index in [1.165, 1.54) is 14.0 Å². The number of unbranched alkanes of at least 4 members (excludes halogenated alkanes) is 1. The third kappa shape index (κ3) is 7.11. The van der Waals surface area contributed by atoms with Crippen LogP contribution in [0.15, 0.2) is 0 Å². The maximum atomic E-state index is 12.1. The van der Waals surface area contributed by atoms with Gasteiger partial charge in [-0.05, 0) is 33.6 Å². The van der Waals surface area contributed by atoms with Crippen LogP contribution in [0.4, 0.5) is 0 Å². The van der Waals surface area contributed by atoms with E-state index < -0.39 is 29.5 Å². The van der Waals surface area contributed by atoms with E-state index >= 15 is 0 Å². The first-order chi connectivity index (χ1) is 9.63. The lowest BCUT2D eigenvalue weighted by Crippen LogP contribution is -2.51. The molecule has 0 spiro atoms. The lowest BCUT2D eigenvalue weighted by Gasteiger charge is -2.28. The number of methoxy groups -OCH3 is 1. The van der Waals surface area contributed by atoms with Gasteiger partial charge in [-0.25, -0.2) is 4.79 Å². The predicted octanol–water partition coefficient (Wildman–Crippen LogP) is 1.81. The first kappa shape index (κ1) is 19.4. The summed E-state index contributed by atoms with van der Waals surface area (Å²) in [6.07, 6.45) is 1.42. The molecule has 2 atom stereocenters. The molecule has 0 aromatic rings. The van der Waals surface area contributed by atoms with Gasteiger partial charge in [-0.1, -0.05) is 13.3 Å². The van der Waals surface area contributed by atoms with Crippen LogP contribution in [0.1, 0.15) is 53.9 Å². The van der Waals surface area contributed by atoms with Crippen molar-refractivity contribution in [2.24, 2.45) is 5.41 Å². The fourth-order valence-electron chi connectivity index (χ4n) is 1.66. The minimum absolute atomic E-state index is 0.376. The van der Waals surface area contributed by atoms with Gasteiger partial charge in [0.25, 0.3) is 0 Å². The number of carbonyl (C=O) groups excluding carboxylic acids is 3. The number of esters is 2. The van der Waals surface area contributed by atoms with Crippen molar-refractivity contribution >= 4 is 17.8 Å². The van der Waals surface area contributed by atoms with E-state index in [1.807, 2.05) is 6.92 Å². The molecule has 0 unspecified atom stereocenters. The molecule has 6 nitrogen and oxygen atoms in total. The van der Waals surface area contributed by atoms with Crippen LogP contribution >= 0.6 is 0 Å². The van der Waals surface area contributed by atoms with Gasteiger partial charge >= 0.3 is 11.9 Å². The van der Waals surface area contributed by atoms with Gasteiger partial charge in [0.15, 0.2) is 6.04 Å². The largest absolute Gasteiger partial charge is 0.467 e. The van der Waals surface area contributed by atoms with Gasteiger partial charge in [-0.3, -0.25) is 9.59 Å². The summed E-state index contributed by atoms with van der Waals surface area (Å²) in [5.41, 5.74) is -0.679. The van der Waals surface area contributed by atoms with Crippen molar-refractivity contribution < 1.29 is 23.9 Å². The summed E-state index contributed by atoms with van der Waals surface area (Å²) in [5, 5.41) is 2.51. The Bertz CT molecular complexity index is 373. The van der Waals surface area contributed by atoms with E-state index in [1.54, 1.807) is 20.8 Å². The first-order valence-corrected chi connectivity index (χ1v) is 7.19. The third-order valence-corrected chi connectivity index (χ3v) is 2.90. The first-order valence-electron chi connectivity index (χ1n) is 7.19. The summed E-state index contributed by atoms with van der Waals surface area (Å²) >= 11 is 0. The summed E-state index contributed by atoms with van der Waals surface area (Å²) in [6, 6.07) is -0.981. The number of rotatable bonds is 7. The Hall–Kier alpha value is -1.59. The van der Waals surface area contributed by atoms with Crippen molar-refractivity contribution in [3.05, 3.63) is 0 Å². The monoisotopic (exact) mass is 301 g/mol. The summed E-state index contributed by atoms with van der Waals surface area (Å²) in [5.74, 6) is -1.41. The maximum absolute atomic E-state index is 12.1. The molecule has 0 fully saturated rings. The number of hydrogen-bond donors (Lipinski definition) is 1. The molecule has 1 N–H and O–H groups in total. The van der Waals surface area contributed by atoms with Gasteiger partial charge < -0.3 is 14.8 Å². The van der Waals surface area contributed by atoms with Crippen molar-refractivity contribution in [1.82, 2.24) is 5.32 Å². The van der Waals surface area contributed by atoms with Crippen molar-refractivity contribution in [3.8, 4) is 0 Å². The van der Waals surface area contributed by atoms with Gasteiger partial charge in [0.2, 0.25) is 5.91 Å². The molecular weight excluding hydrogens is 274 g/mol. The predicted molar refractivity (Wildman–Crippen MR) is 78.5 cm³/mol. The fourth-order valence-corrected chi connectivity index (χ4v) is 1.66. The summed E-state index contributed by atoms with van der Waals surface area (Å²) in [6.45, 7) is 8.50. The van der Waals surface area contributed by atoms with E-state index in [0.29, 0.717) is 6.42 Å². The van der Waals surface area contributed by atoms with Crippen molar-refractivity contribution in [2.45, 2.75) is 66.0 Å². The van der Waals surface area contributed by atoms with Crippen LogP contribution in [0.2, 0.25) is 0 Å². The molecule has 0 aliphatic rings. The van der Waals surface area contributed by atoms with Crippen LogP contribution in [0.3, 0.4) is 0 Å². The SMILES string of the molecule is CCCC[C@@H](OC(=O)C(C)(C)C)[C@H](NC(C)=O)C(=O)OC. The van der Waals surface area contributed by atoms with Crippen molar-refractivity contribution in [2.75, 3.05) is 7.11 Å². The molecule has 6 heteroatoms. The van der Waals surface area contributed by atoms with Crippen LogP contribution in [0.5, 0.6) is 0 Å². The quantitative estimate of drug-likeness (QED) is 0.725. The zero-order chi connectivity index (χ0) is 16.6. The van der Waals surface area contributed by atoms with Crippen molar-refractivity contribution in [3.63, 3.8) is 0 Å². The second-order valence-electron chi connectivity index (χ2n) is 6.04. The van der Waals surface area contributed by atoms with Crippen LogP contribution in [0.25, 0.3) is 0 Å². The topological polar surface area (TPSA) is 81.7 Å². The molecule has 0 aliphatic carbocycles. The van der Waals surface area contributed by atoms with E-state index in [4.69, 9.17) is 9.47 Å². The van der Waals surface area contributed by atoms with Gasteiger partial charge in [0.1, 0.15) is 6.10 Å². The average molecular weight is 301 g/mol. The zero-order valence-corrected chi connectivity index (χ0v) is 13.8. The van der Waals surface area contributed by atoms with Gasteiger partial charge in [0.05, 0.1) is 12.5 Å². The smallest absolute Gasteiger partial charge is 0.332 e. The van der Waals surface area contributed by atoms with Crippen LogP contribution in [-0.4, -0.2) is 37.1 Å². The van der Waals surface area contributed by atoms with E-state index in [-0.39, 0.29) is 5.91 Å². The fraction of sp³-hybridized carbons (Fsp3) is 0.800. The molecular formula is C15H27NO5. The number of ether oxygens (including phenoxy) is 2. The molecule has 0 radical (unpaired) electrons. The van der Waals surface area contributed by atoms with E-state index in [0.717, 1.165) is 12.8 Å². The summed E-state index contributed by atoms with van der Waals surface area (Å²) in [7, 11) is 1.24. The van der Waals surface area contributed by atoms with Gasteiger partial charge in [-0.2, -0.15) is 0 Å². The van der Waals surface area contributed by atoms with E-state index in [2.05, 4.69) is 5.32 Å². The molecule has 0 bridgehead atoms. The normalized spacial score (nSPS) is 14.0. The Balaban J connectivity index is 5.16. The Labute approximate surface area is 126 Å². The number of nitrogens with one attached hydrogen (secondary N) is 1. The maximum Gasteiger partial charge on any atom is 0.332 e. The Kier molecular flexibility index (Phi) is 7.99. The van der Waals surface area contributed by atoms with Crippen LogP contribution in [-0.2, 0) is 23.9 Å². The minimum Gasteiger partial charge on any atom is -0.467 e. The van der Waals surface area contributed by atoms with Crippen molar-refractivity contribution in [1.29, 1.82) is 0 Å². The standard InChI is InChI=1S/C15H27NO5/c1-7-8-9-11(21-14(19)15(3,4)5)12(13(18)20-6)16-10(2)17/h11-12H,7-9H2,1-6H3,(H,16,17)/t11-,12+/m1/s1. The molecule has 0 heterocycles. The highest BCUT2D eigenvalue weighted by Crippen LogP contribution is 2.20. The highest BCUT2D eigenvalue weighted by molar-refractivity contribution is 5.84. The van der Waals surface area contributed by atoms with Gasteiger partial charge in [-0.15, -0.1) is 0 Å². The summed E-state index contributed by atoms with van der Waals surface area (Å²) in [4.78, 5) is 35.2. The third-order valence-electron chi connectivity index (χ3n) is 2.90. The number of carbonyl (C=O) groups is 3. The average Bonchev–Trinajstić information content (AvgIpc) is 2.38. The lowest BCUT2D eigenvalue weighted by molar-refractivity contribution is -0.165. The highest BCUT2D eigenvalue weighted by atomic mass is 16.6. The van der Waals surface area contributed by atoms with Crippen LogP contribution < -0.4 is 5.32 Å².